The van der Waals surface area contributed by atoms with E-state index in [4.69, 9.17) is 5.73 Å². The van der Waals surface area contributed by atoms with Gasteiger partial charge in [0, 0.05) is 24.7 Å². The first kappa shape index (κ1) is 18.1. The molecule has 2 amide bonds. The number of amides is 2. The number of likely N-dealkylation sites (tertiary alicyclic amines) is 1. The number of rotatable bonds is 5. The Bertz CT molecular complexity index is 604. The predicted octanol–water partition coefficient (Wildman–Crippen LogP) is 2.37. The van der Waals surface area contributed by atoms with Crippen molar-refractivity contribution < 1.29 is 22.8 Å². The number of hydrogen-bond acceptors (Lipinski definition) is 3. The third-order valence-corrected chi connectivity index (χ3v) is 4.02. The number of alkyl halides is 3. The van der Waals surface area contributed by atoms with Gasteiger partial charge >= 0.3 is 6.18 Å². The molecule has 3 N–H and O–H groups in total. The third-order valence-electron chi connectivity index (χ3n) is 4.02. The highest BCUT2D eigenvalue weighted by Crippen LogP contribution is 2.30. The van der Waals surface area contributed by atoms with Crippen LogP contribution < -0.4 is 11.1 Å². The summed E-state index contributed by atoms with van der Waals surface area (Å²) in [6.45, 7) is 0.400. The minimum absolute atomic E-state index is 0.106. The van der Waals surface area contributed by atoms with Crippen LogP contribution in [-0.2, 0) is 15.8 Å². The Kier molecular flexibility index (Phi) is 5.69. The van der Waals surface area contributed by atoms with Crippen LogP contribution in [0.25, 0.3) is 0 Å². The molecule has 0 aliphatic carbocycles. The minimum Gasteiger partial charge on any atom is -0.376 e. The average molecular weight is 343 g/mol. The van der Waals surface area contributed by atoms with Gasteiger partial charge in [0.15, 0.2) is 0 Å². The topological polar surface area (TPSA) is 75.4 Å². The Morgan fingerprint density at radius 1 is 1.29 bits per heavy atom. The number of carbonyl (C=O) groups excluding carboxylic acids is 2. The lowest BCUT2D eigenvalue weighted by molar-refractivity contribution is -0.137. The molecule has 0 radical (unpaired) electrons. The Balaban J connectivity index is 1.98. The zero-order valence-corrected chi connectivity index (χ0v) is 13.1. The molecule has 24 heavy (non-hydrogen) atoms. The molecular formula is C16H20F3N3O2. The number of halogens is 3. The molecule has 0 saturated carbocycles. The molecule has 1 aromatic carbocycles. The van der Waals surface area contributed by atoms with Crippen LogP contribution >= 0.6 is 0 Å². The van der Waals surface area contributed by atoms with E-state index in [2.05, 4.69) is 5.32 Å². The SMILES string of the molecule is NC(=O)CC1CCCCN1C(=O)CNc1cccc(C(F)(F)F)c1. The number of primary amides is 1. The van der Waals surface area contributed by atoms with Crippen molar-refractivity contribution in [1.29, 1.82) is 0 Å². The van der Waals surface area contributed by atoms with E-state index >= 15 is 0 Å². The lowest BCUT2D eigenvalue weighted by Crippen LogP contribution is -2.47. The number of carbonyl (C=O) groups is 2. The van der Waals surface area contributed by atoms with E-state index < -0.39 is 17.6 Å². The number of piperidine rings is 1. The maximum Gasteiger partial charge on any atom is 0.416 e. The van der Waals surface area contributed by atoms with Gasteiger partial charge in [0.05, 0.1) is 12.1 Å². The summed E-state index contributed by atoms with van der Waals surface area (Å²) in [5, 5.41) is 2.72. The van der Waals surface area contributed by atoms with Gasteiger partial charge in [0.2, 0.25) is 11.8 Å². The second-order valence-corrected chi connectivity index (χ2v) is 5.84. The fourth-order valence-electron chi connectivity index (χ4n) is 2.86. The molecule has 1 fully saturated rings. The van der Waals surface area contributed by atoms with Gasteiger partial charge < -0.3 is 16.0 Å². The Labute approximate surface area is 138 Å². The molecule has 2 rings (SSSR count). The molecule has 132 valence electrons. The largest absolute Gasteiger partial charge is 0.416 e. The zero-order valence-electron chi connectivity index (χ0n) is 13.1. The Morgan fingerprint density at radius 2 is 2.04 bits per heavy atom. The molecule has 1 saturated heterocycles. The van der Waals surface area contributed by atoms with Gasteiger partial charge in [0.25, 0.3) is 0 Å². The first-order valence-electron chi connectivity index (χ1n) is 7.76. The van der Waals surface area contributed by atoms with Crippen molar-refractivity contribution >= 4 is 17.5 Å². The Morgan fingerprint density at radius 3 is 2.71 bits per heavy atom. The van der Waals surface area contributed by atoms with Crippen LogP contribution in [0, 0.1) is 0 Å². The standard InChI is InChI=1S/C16H20F3N3O2/c17-16(18,19)11-4-3-5-12(8-11)21-10-15(24)22-7-2-1-6-13(22)9-14(20)23/h3-5,8,13,21H,1-2,6-7,9-10H2,(H2,20,23). The zero-order chi connectivity index (χ0) is 17.7. The van der Waals surface area contributed by atoms with Crippen LogP contribution in [0.3, 0.4) is 0 Å². The van der Waals surface area contributed by atoms with Crippen LogP contribution in [0.15, 0.2) is 24.3 Å². The highest BCUT2D eigenvalue weighted by molar-refractivity contribution is 5.82. The van der Waals surface area contributed by atoms with E-state index in [0.29, 0.717) is 13.0 Å². The monoisotopic (exact) mass is 343 g/mol. The van der Waals surface area contributed by atoms with Gasteiger partial charge in [-0.05, 0) is 37.5 Å². The molecule has 0 spiro atoms. The second-order valence-electron chi connectivity index (χ2n) is 5.84. The third kappa shape index (κ3) is 4.87. The summed E-state index contributed by atoms with van der Waals surface area (Å²) in [5.41, 5.74) is 4.66. The Hall–Kier alpha value is -2.25. The smallest absolute Gasteiger partial charge is 0.376 e. The summed E-state index contributed by atoms with van der Waals surface area (Å²) >= 11 is 0. The lowest BCUT2D eigenvalue weighted by Gasteiger charge is -2.35. The first-order valence-corrected chi connectivity index (χ1v) is 7.76. The van der Waals surface area contributed by atoms with Crippen molar-refractivity contribution in [3.63, 3.8) is 0 Å². The van der Waals surface area contributed by atoms with E-state index in [1.54, 1.807) is 4.90 Å². The van der Waals surface area contributed by atoms with Crippen LogP contribution in [0.5, 0.6) is 0 Å². The summed E-state index contributed by atoms with van der Waals surface area (Å²) in [6, 6.07) is 4.46. The van der Waals surface area contributed by atoms with Gasteiger partial charge in [-0.2, -0.15) is 13.2 Å². The number of benzene rings is 1. The van der Waals surface area contributed by atoms with Crippen LogP contribution in [-0.4, -0.2) is 35.8 Å². The highest BCUT2D eigenvalue weighted by atomic mass is 19.4. The molecule has 8 heteroatoms. The fraction of sp³-hybridized carbons (Fsp3) is 0.500. The molecule has 1 heterocycles. The van der Waals surface area contributed by atoms with E-state index in [1.165, 1.54) is 12.1 Å². The van der Waals surface area contributed by atoms with Gasteiger partial charge in [-0.3, -0.25) is 9.59 Å². The van der Waals surface area contributed by atoms with E-state index in [1.807, 2.05) is 0 Å². The van der Waals surface area contributed by atoms with Crippen molar-refractivity contribution in [3.8, 4) is 0 Å². The number of hydrogen-bond donors (Lipinski definition) is 2. The predicted molar refractivity (Wildman–Crippen MR) is 83.1 cm³/mol. The molecule has 1 aliphatic rings. The molecule has 1 unspecified atom stereocenters. The fourth-order valence-corrected chi connectivity index (χ4v) is 2.86. The molecule has 0 bridgehead atoms. The van der Waals surface area contributed by atoms with Crippen LogP contribution in [0.1, 0.15) is 31.2 Å². The normalized spacial score (nSPS) is 18.3. The van der Waals surface area contributed by atoms with Crippen molar-refractivity contribution in [2.45, 2.75) is 37.9 Å². The second kappa shape index (κ2) is 7.55. The van der Waals surface area contributed by atoms with Crippen molar-refractivity contribution in [3.05, 3.63) is 29.8 Å². The summed E-state index contributed by atoms with van der Waals surface area (Å²) in [4.78, 5) is 25.0. The van der Waals surface area contributed by atoms with E-state index in [0.717, 1.165) is 25.0 Å². The molecular weight excluding hydrogens is 323 g/mol. The number of nitrogens with one attached hydrogen (secondary N) is 1. The van der Waals surface area contributed by atoms with Gasteiger partial charge in [0.1, 0.15) is 0 Å². The van der Waals surface area contributed by atoms with Gasteiger partial charge in [-0.15, -0.1) is 0 Å². The van der Waals surface area contributed by atoms with Crippen LogP contribution in [0.4, 0.5) is 18.9 Å². The van der Waals surface area contributed by atoms with E-state index in [-0.39, 0.29) is 30.6 Å². The summed E-state index contributed by atoms with van der Waals surface area (Å²) in [7, 11) is 0. The van der Waals surface area contributed by atoms with Crippen molar-refractivity contribution in [1.82, 2.24) is 4.90 Å². The lowest BCUT2D eigenvalue weighted by atomic mass is 9.99. The summed E-state index contributed by atoms with van der Waals surface area (Å²) < 4.78 is 38.1. The summed E-state index contributed by atoms with van der Waals surface area (Å²) in [6.07, 6.45) is -1.86. The van der Waals surface area contributed by atoms with Crippen molar-refractivity contribution in [2.75, 3.05) is 18.4 Å². The minimum atomic E-state index is -4.43. The van der Waals surface area contributed by atoms with Crippen molar-refractivity contribution in [2.24, 2.45) is 5.73 Å². The first-order chi connectivity index (χ1) is 11.3. The molecule has 1 aromatic rings. The average Bonchev–Trinajstić information content (AvgIpc) is 2.52. The number of nitrogens with two attached hydrogens (primary N) is 1. The number of nitrogens with zero attached hydrogens (tertiary/aromatic N) is 1. The summed E-state index contributed by atoms with van der Waals surface area (Å²) in [5.74, 6) is -0.719. The molecule has 5 nitrogen and oxygen atoms in total. The van der Waals surface area contributed by atoms with E-state index in [9.17, 15) is 22.8 Å². The maximum atomic E-state index is 12.7. The number of anilines is 1. The highest BCUT2D eigenvalue weighted by Gasteiger charge is 2.31. The molecule has 1 atom stereocenters. The molecule has 1 aliphatic heterocycles. The quantitative estimate of drug-likeness (QED) is 0.862. The molecule has 0 aromatic heterocycles. The maximum absolute atomic E-state index is 12.7. The van der Waals surface area contributed by atoms with Gasteiger partial charge in [-0.1, -0.05) is 6.07 Å². The van der Waals surface area contributed by atoms with Crippen LogP contribution in [0.2, 0.25) is 0 Å². The van der Waals surface area contributed by atoms with Gasteiger partial charge in [-0.25, -0.2) is 0 Å².